The minimum Gasteiger partial charge on any atom is -0.392 e. The Balaban J connectivity index is 1.51. The first-order chi connectivity index (χ1) is 18.1. The van der Waals surface area contributed by atoms with E-state index < -0.39 is 0 Å². The van der Waals surface area contributed by atoms with Crippen LogP contribution in [0.2, 0.25) is 5.02 Å². The molecule has 0 radical (unpaired) electrons. The van der Waals surface area contributed by atoms with Gasteiger partial charge in [0, 0.05) is 55.6 Å². The van der Waals surface area contributed by atoms with Crippen molar-refractivity contribution < 1.29 is 5.11 Å². The molecular formula is C31H35ClN4O. The summed E-state index contributed by atoms with van der Waals surface area (Å²) in [5.41, 5.74) is 7.73. The first kappa shape index (κ1) is 24.5. The normalized spacial score (nSPS) is 17.2. The number of hydrogen-bond acceptors (Lipinski definition) is 4. The molecule has 2 fully saturated rings. The number of anilines is 1. The molecule has 192 valence electrons. The third kappa shape index (κ3) is 4.76. The lowest BCUT2D eigenvalue weighted by atomic mass is 9.97. The Bertz CT molecular complexity index is 1370. The van der Waals surface area contributed by atoms with Gasteiger partial charge in [0.1, 0.15) is 5.65 Å². The van der Waals surface area contributed by atoms with Crippen LogP contribution in [-0.2, 0) is 13.2 Å². The van der Waals surface area contributed by atoms with Crippen molar-refractivity contribution >= 4 is 28.3 Å². The molecule has 1 saturated carbocycles. The fraction of sp³-hybridized carbons (Fsp3) is 0.387. The molecule has 4 aromatic rings. The van der Waals surface area contributed by atoms with Crippen LogP contribution < -0.4 is 4.90 Å². The average molecular weight is 515 g/mol. The van der Waals surface area contributed by atoms with E-state index in [0.717, 1.165) is 65.5 Å². The molecule has 37 heavy (non-hydrogen) atoms. The summed E-state index contributed by atoms with van der Waals surface area (Å²) in [5.74, 6) is 0.657. The van der Waals surface area contributed by atoms with Gasteiger partial charge in [-0.25, -0.2) is 4.98 Å². The van der Waals surface area contributed by atoms with Gasteiger partial charge in [-0.3, -0.25) is 0 Å². The van der Waals surface area contributed by atoms with E-state index in [1.807, 2.05) is 24.4 Å². The molecular weight excluding hydrogens is 480 g/mol. The Morgan fingerprint density at radius 1 is 0.892 bits per heavy atom. The molecule has 0 unspecified atom stereocenters. The van der Waals surface area contributed by atoms with E-state index in [4.69, 9.17) is 16.6 Å². The molecule has 0 spiro atoms. The number of likely N-dealkylation sites (N-methyl/N-ethyl adjacent to an activating group) is 1. The van der Waals surface area contributed by atoms with Gasteiger partial charge in [-0.05, 0) is 60.7 Å². The molecule has 2 aliphatic rings. The van der Waals surface area contributed by atoms with E-state index in [9.17, 15) is 5.11 Å². The van der Waals surface area contributed by atoms with Gasteiger partial charge in [0.15, 0.2) is 0 Å². The van der Waals surface area contributed by atoms with Crippen LogP contribution in [0.15, 0.2) is 60.8 Å². The van der Waals surface area contributed by atoms with E-state index in [2.05, 4.69) is 57.8 Å². The van der Waals surface area contributed by atoms with Crippen LogP contribution in [0.1, 0.15) is 31.2 Å². The molecule has 0 atom stereocenters. The van der Waals surface area contributed by atoms with Crippen molar-refractivity contribution in [1.29, 1.82) is 0 Å². The number of hydrogen-bond donors (Lipinski definition) is 1. The maximum atomic E-state index is 9.62. The topological polar surface area (TPSA) is 44.5 Å². The number of nitrogens with zero attached hydrogens (tertiary/aromatic N) is 4. The van der Waals surface area contributed by atoms with Crippen molar-refractivity contribution in [2.75, 3.05) is 38.1 Å². The molecule has 6 rings (SSSR count). The number of piperazine rings is 1. The highest BCUT2D eigenvalue weighted by Crippen LogP contribution is 2.44. The van der Waals surface area contributed by atoms with Gasteiger partial charge in [0.05, 0.1) is 17.3 Å². The van der Waals surface area contributed by atoms with Crippen LogP contribution in [0.3, 0.4) is 0 Å². The van der Waals surface area contributed by atoms with E-state index in [-0.39, 0.29) is 6.61 Å². The second-order valence-corrected chi connectivity index (χ2v) is 11.1. The van der Waals surface area contributed by atoms with Crippen molar-refractivity contribution in [2.45, 2.75) is 38.8 Å². The van der Waals surface area contributed by atoms with Gasteiger partial charge >= 0.3 is 0 Å². The molecule has 3 heterocycles. The third-order valence-electron chi connectivity index (χ3n) is 8.24. The van der Waals surface area contributed by atoms with Crippen molar-refractivity contribution in [3.05, 3.63) is 71.4 Å². The number of aliphatic hydroxyl groups excluding tert-OH is 1. The standard InChI is InChI=1S/C31H35ClN4O/c1-34-16-18-35(19-17-34)26-12-10-25(11-13-26)30-28(24-8-6-23(21-37)7-9-24)29-27(32)14-15-33-31(29)36(30)20-22-4-2-3-5-22/h6-15,22,37H,2-5,16-21H2,1H3. The van der Waals surface area contributed by atoms with Crippen LogP contribution in [-0.4, -0.2) is 52.8 Å². The van der Waals surface area contributed by atoms with Gasteiger partial charge in [0.25, 0.3) is 0 Å². The fourth-order valence-corrected chi connectivity index (χ4v) is 6.34. The Morgan fingerprint density at radius 2 is 1.57 bits per heavy atom. The van der Waals surface area contributed by atoms with Gasteiger partial charge in [-0.15, -0.1) is 0 Å². The molecule has 0 amide bonds. The van der Waals surface area contributed by atoms with Crippen LogP contribution in [0.25, 0.3) is 33.4 Å². The number of aromatic nitrogens is 2. The van der Waals surface area contributed by atoms with Crippen LogP contribution in [0.5, 0.6) is 0 Å². The summed E-state index contributed by atoms with van der Waals surface area (Å²) in [7, 11) is 2.19. The zero-order chi connectivity index (χ0) is 25.4. The zero-order valence-corrected chi connectivity index (χ0v) is 22.3. The van der Waals surface area contributed by atoms with Crippen molar-refractivity contribution in [3.8, 4) is 22.4 Å². The first-order valence-corrected chi connectivity index (χ1v) is 13.9. The smallest absolute Gasteiger partial charge is 0.142 e. The number of fused-ring (bicyclic) bond motifs is 1. The highest BCUT2D eigenvalue weighted by Gasteiger charge is 2.26. The quantitative estimate of drug-likeness (QED) is 0.321. The van der Waals surface area contributed by atoms with Gasteiger partial charge in [-0.2, -0.15) is 0 Å². The summed E-state index contributed by atoms with van der Waals surface area (Å²) >= 11 is 6.89. The molecule has 1 saturated heterocycles. The molecule has 2 aromatic carbocycles. The third-order valence-corrected chi connectivity index (χ3v) is 8.56. The molecule has 1 aliphatic carbocycles. The molecule has 6 heteroatoms. The Morgan fingerprint density at radius 3 is 2.24 bits per heavy atom. The number of rotatable bonds is 6. The highest BCUT2D eigenvalue weighted by atomic mass is 35.5. The second kappa shape index (κ2) is 10.5. The van der Waals surface area contributed by atoms with E-state index in [1.54, 1.807) is 0 Å². The van der Waals surface area contributed by atoms with Crippen LogP contribution in [0, 0.1) is 5.92 Å². The van der Waals surface area contributed by atoms with Gasteiger partial charge in [-0.1, -0.05) is 60.8 Å². The predicted octanol–water partition coefficient (Wildman–Crippen LogP) is 6.46. The maximum Gasteiger partial charge on any atom is 0.142 e. The molecule has 0 bridgehead atoms. The fourth-order valence-electron chi connectivity index (χ4n) is 6.10. The largest absolute Gasteiger partial charge is 0.392 e. The summed E-state index contributed by atoms with van der Waals surface area (Å²) in [4.78, 5) is 9.74. The lowest BCUT2D eigenvalue weighted by molar-refractivity contribution is 0.282. The molecule has 1 aliphatic heterocycles. The molecule has 1 N–H and O–H groups in total. The maximum absolute atomic E-state index is 9.62. The number of aliphatic hydroxyl groups is 1. The summed E-state index contributed by atoms with van der Waals surface area (Å²) in [5, 5.41) is 11.4. The molecule has 2 aromatic heterocycles. The summed E-state index contributed by atoms with van der Waals surface area (Å²) in [6.45, 7) is 5.28. The summed E-state index contributed by atoms with van der Waals surface area (Å²) in [6, 6.07) is 19.2. The first-order valence-electron chi connectivity index (χ1n) is 13.5. The van der Waals surface area contributed by atoms with E-state index in [1.165, 1.54) is 42.6 Å². The summed E-state index contributed by atoms with van der Waals surface area (Å²) < 4.78 is 2.43. The average Bonchev–Trinajstić information content (AvgIpc) is 3.57. The minimum absolute atomic E-state index is 0.0344. The predicted molar refractivity (Wildman–Crippen MR) is 153 cm³/mol. The van der Waals surface area contributed by atoms with Crippen molar-refractivity contribution in [1.82, 2.24) is 14.5 Å². The second-order valence-electron chi connectivity index (χ2n) is 10.7. The lowest BCUT2D eigenvalue weighted by Gasteiger charge is -2.34. The highest BCUT2D eigenvalue weighted by molar-refractivity contribution is 6.37. The monoisotopic (exact) mass is 514 g/mol. The van der Waals surface area contributed by atoms with Crippen molar-refractivity contribution in [3.63, 3.8) is 0 Å². The Labute approximate surface area is 224 Å². The van der Waals surface area contributed by atoms with Crippen LogP contribution >= 0.6 is 11.6 Å². The minimum atomic E-state index is 0.0344. The Kier molecular flexibility index (Phi) is 6.94. The lowest BCUT2D eigenvalue weighted by Crippen LogP contribution is -2.44. The van der Waals surface area contributed by atoms with E-state index >= 15 is 0 Å². The zero-order valence-electron chi connectivity index (χ0n) is 21.5. The number of halogens is 1. The van der Waals surface area contributed by atoms with Gasteiger partial charge in [0.2, 0.25) is 0 Å². The van der Waals surface area contributed by atoms with Gasteiger partial charge < -0.3 is 19.5 Å². The molecule has 5 nitrogen and oxygen atoms in total. The Hall–Kier alpha value is -2.86. The number of pyridine rings is 1. The SMILES string of the molecule is CN1CCN(c2ccc(-c3c(-c4ccc(CO)cc4)c4c(Cl)ccnc4n3CC3CCCC3)cc2)CC1. The van der Waals surface area contributed by atoms with Crippen molar-refractivity contribution in [2.24, 2.45) is 5.92 Å². The van der Waals surface area contributed by atoms with E-state index in [0.29, 0.717) is 5.92 Å². The number of benzene rings is 2. The van der Waals surface area contributed by atoms with Crippen LogP contribution in [0.4, 0.5) is 5.69 Å². The summed E-state index contributed by atoms with van der Waals surface area (Å²) in [6.07, 6.45) is 6.98.